The first-order valence-corrected chi connectivity index (χ1v) is 5.82. The molecule has 0 aliphatic heterocycles. The van der Waals surface area contributed by atoms with Crippen LogP contribution in [-0.2, 0) is 11.3 Å². The number of nitrogens with one attached hydrogen (secondary N) is 2. The van der Waals surface area contributed by atoms with Crippen LogP contribution in [0.3, 0.4) is 0 Å². The highest BCUT2D eigenvalue weighted by molar-refractivity contribution is 5.94. The van der Waals surface area contributed by atoms with Crippen LogP contribution in [0.5, 0.6) is 0 Å². The maximum atomic E-state index is 11.9. The first kappa shape index (κ1) is 15.9. The second-order valence-electron chi connectivity index (χ2n) is 4.07. The van der Waals surface area contributed by atoms with Gasteiger partial charge in [-0.3, -0.25) is 14.6 Å². The van der Waals surface area contributed by atoms with E-state index in [-0.39, 0.29) is 18.0 Å². The molecule has 0 aliphatic carbocycles. The van der Waals surface area contributed by atoms with Gasteiger partial charge in [-0.25, -0.2) is 0 Å². The summed E-state index contributed by atoms with van der Waals surface area (Å²) in [6.07, 6.45) is -4.03. The third kappa shape index (κ3) is 6.17. The van der Waals surface area contributed by atoms with Gasteiger partial charge >= 0.3 is 6.18 Å². The van der Waals surface area contributed by atoms with E-state index in [0.29, 0.717) is 5.69 Å². The highest BCUT2D eigenvalue weighted by Gasteiger charge is 2.26. The van der Waals surface area contributed by atoms with Gasteiger partial charge in [-0.05, 0) is 12.1 Å². The second kappa shape index (κ2) is 6.88. The SMILES string of the molecule is CC(=O)NCc1cc(C(=O)NCCC(F)(F)F)ccn1. The number of pyridine rings is 1. The summed E-state index contributed by atoms with van der Waals surface area (Å²) < 4.78 is 35.8. The van der Waals surface area contributed by atoms with Crippen LogP contribution in [0.15, 0.2) is 18.3 Å². The molecule has 0 radical (unpaired) electrons. The average Bonchev–Trinajstić information content (AvgIpc) is 2.35. The molecule has 0 spiro atoms. The lowest BCUT2D eigenvalue weighted by Gasteiger charge is -2.08. The van der Waals surface area contributed by atoms with Crippen LogP contribution < -0.4 is 10.6 Å². The topological polar surface area (TPSA) is 71.1 Å². The zero-order valence-electron chi connectivity index (χ0n) is 10.8. The lowest BCUT2D eigenvalue weighted by Crippen LogP contribution is -2.28. The Balaban J connectivity index is 2.55. The monoisotopic (exact) mass is 289 g/mol. The number of carbonyl (C=O) groups excluding carboxylic acids is 2. The zero-order chi connectivity index (χ0) is 15.2. The van der Waals surface area contributed by atoms with E-state index < -0.39 is 25.0 Å². The summed E-state index contributed by atoms with van der Waals surface area (Å²) in [6, 6.07) is 2.80. The third-order valence-electron chi connectivity index (χ3n) is 2.29. The molecule has 8 heteroatoms. The smallest absolute Gasteiger partial charge is 0.352 e. The Labute approximate surface area is 113 Å². The highest BCUT2D eigenvalue weighted by Crippen LogP contribution is 2.18. The fourth-order valence-electron chi connectivity index (χ4n) is 1.35. The number of rotatable bonds is 5. The Hall–Kier alpha value is -2.12. The van der Waals surface area contributed by atoms with Crippen molar-refractivity contribution >= 4 is 11.8 Å². The van der Waals surface area contributed by atoms with Crippen LogP contribution in [0.2, 0.25) is 0 Å². The highest BCUT2D eigenvalue weighted by atomic mass is 19.4. The lowest BCUT2D eigenvalue weighted by atomic mass is 10.2. The predicted molar refractivity (Wildman–Crippen MR) is 64.8 cm³/mol. The van der Waals surface area contributed by atoms with Crippen molar-refractivity contribution < 1.29 is 22.8 Å². The van der Waals surface area contributed by atoms with Gasteiger partial charge in [0.1, 0.15) is 0 Å². The first-order chi connectivity index (χ1) is 9.28. The molecule has 1 aromatic rings. The standard InChI is InChI=1S/C12H14F3N3O2/c1-8(19)18-7-10-6-9(2-4-16-10)11(20)17-5-3-12(13,14)15/h2,4,6H,3,5,7H2,1H3,(H,17,20)(H,18,19). The molecule has 1 heterocycles. The molecule has 2 amide bonds. The number of nitrogens with zero attached hydrogens (tertiary/aromatic N) is 1. The van der Waals surface area contributed by atoms with Crippen molar-refractivity contribution in [1.29, 1.82) is 0 Å². The van der Waals surface area contributed by atoms with E-state index >= 15 is 0 Å². The number of hydrogen-bond donors (Lipinski definition) is 2. The molecule has 1 aromatic heterocycles. The summed E-state index contributed by atoms with van der Waals surface area (Å²) in [6.45, 7) is 1.01. The zero-order valence-corrected chi connectivity index (χ0v) is 10.8. The lowest BCUT2D eigenvalue weighted by molar-refractivity contribution is -0.133. The fourth-order valence-corrected chi connectivity index (χ4v) is 1.35. The van der Waals surface area contributed by atoms with E-state index in [1.807, 2.05) is 0 Å². The average molecular weight is 289 g/mol. The van der Waals surface area contributed by atoms with Crippen LogP contribution in [-0.4, -0.2) is 29.5 Å². The number of amides is 2. The molecule has 0 bridgehead atoms. The Morgan fingerprint density at radius 3 is 2.60 bits per heavy atom. The van der Waals surface area contributed by atoms with Crippen LogP contribution in [0.1, 0.15) is 29.4 Å². The number of halogens is 3. The van der Waals surface area contributed by atoms with Crippen molar-refractivity contribution in [2.24, 2.45) is 0 Å². The Morgan fingerprint density at radius 2 is 2.00 bits per heavy atom. The molecule has 0 saturated heterocycles. The van der Waals surface area contributed by atoms with Gasteiger partial charge in [-0.2, -0.15) is 13.2 Å². The van der Waals surface area contributed by atoms with Gasteiger partial charge < -0.3 is 10.6 Å². The van der Waals surface area contributed by atoms with Crippen molar-refractivity contribution in [2.75, 3.05) is 6.54 Å². The molecule has 5 nitrogen and oxygen atoms in total. The summed E-state index contributed by atoms with van der Waals surface area (Å²) in [5, 5.41) is 4.68. The predicted octanol–water partition coefficient (Wildman–Crippen LogP) is 1.40. The van der Waals surface area contributed by atoms with E-state index in [4.69, 9.17) is 0 Å². The molecule has 0 fully saturated rings. The molecule has 20 heavy (non-hydrogen) atoms. The molecule has 2 N–H and O–H groups in total. The number of aromatic nitrogens is 1. The largest absolute Gasteiger partial charge is 0.390 e. The fraction of sp³-hybridized carbons (Fsp3) is 0.417. The summed E-state index contributed by atoms with van der Waals surface area (Å²) >= 11 is 0. The summed E-state index contributed by atoms with van der Waals surface area (Å²) in [7, 11) is 0. The Kier molecular flexibility index (Phi) is 5.48. The van der Waals surface area contributed by atoms with Crippen molar-refractivity contribution in [3.05, 3.63) is 29.6 Å². The molecule has 0 unspecified atom stereocenters. The van der Waals surface area contributed by atoms with Gasteiger partial charge in [0.25, 0.3) is 5.91 Å². The minimum atomic E-state index is -4.30. The molecule has 0 aliphatic rings. The number of alkyl halides is 3. The molecular formula is C12H14F3N3O2. The van der Waals surface area contributed by atoms with Gasteiger partial charge in [0.05, 0.1) is 18.7 Å². The molecule has 0 saturated carbocycles. The van der Waals surface area contributed by atoms with Gasteiger partial charge in [0.2, 0.25) is 5.91 Å². The van der Waals surface area contributed by atoms with E-state index in [1.54, 1.807) is 0 Å². The molecular weight excluding hydrogens is 275 g/mol. The summed E-state index contributed by atoms with van der Waals surface area (Å²) in [5.74, 6) is -0.854. The van der Waals surface area contributed by atoms with E-state index in [0.717, 1.165) is 0 Å². The van der Waals surface area contributed by atoms with Crippen molar-refractivity contribution in [3.63, 3.8) is 0 Å². The van der Waals surface area contributed by atoms with Gasteiger partial charge in [-0.1, -0.05) is 0 Å². The minimum Gasteiger partial charge on any atom is -0.352 e. The maximum Gasteiger partial charge on any atom is 0.390 e. The van der Waals surface area contributed by atoms with Crippen LogP contribution in [0.4, 0.5) is 13.2 Å². The Bertz CT molecular complexity index is 489. The van der Waals surface area contributed by atoms with Crippen LogP contribution in [0.25, 0.3) is 0 Å². The normalized spacial score (nSPS) is 11.0. The van der Waals surface area contributed by atoms with E-state index in [1.165, 1.54) is 25.3 Å². The quantitative estimate of drug-likeness (QED) is 0.860. The molecule has 1 rings (SSSR count). The molecule has 110 valence electrons. The van der Waals surface area contributed by atoms with E-state index in [2.05, 4.69) is 15.6 Å². The van der Waals surface area contributed by atoms with Crippen molar-refractivity contribution in [2.45, 2.75) is 26.1 Å². The minimum absolute atomic E-state index is 0.152. The van der Waals surface area contributed by atoms with Crippen molar-refractivity contribution in [1.82, 2.24) is 15.6 Å². The van der Waals surface area contributed by atoms with Crippen molar-refractivity contribution in [3.8, 4) is 0 Å². The number of carbonyl (C=O) groups is 2. The summed E-state index contributed by atoms with van der Waals surface area (Å²) in [5.41, 5.74) is 0.645. The van der Waals surface area contributed by atoms with Gasteiger partial charge in [-0.15, -0.1) is 0 Å². The van der Waals surface area contributed by atoms with Gasteiger partial charge in [0.15, 0.2) is 0 Å². The van der Waals surface area contributed by atoms with E-state index in [9.17, 15) is 22.8 Å². The third-order valence-corrected chi connectivity index (χ3v) is 2.29. The second-order valence-corrected chi connectivity index (χ2v) is 4.07. The molecule has 0 atom stereocenters. The Morgan fingerprint density at radius 1 is 1.30 bits per heavy atom. The van der Waals surface area contributed by atoms with Crippen LogP contribution in [0, 0.1) is 0 Å². The van der Waals surface area contributed by atoms with Gasteiger partial charge in [0, 0.05) is 25.2 Å². The first-order valence-electron chi connectivity index (χ1n) is 5.82. The maximum absolute atomic E-state index is 11.9. The van der Waals surface area contributed by atoms with Crippen LogP contribution >= 0.6 is 0 Å². The molecule has 0 aromatic carbocycles. The number of hydrogen-bond acceptors (Lipinski definition) is 3. The summed E-state index contributed by atoms with van der Waals surface area (Å²) in [4.78, 5) is 26.3.